The Kier molecular flexibility index (Phi) is 4.80. The van der Waals surface area contributed by atoms with Gasteiger partial charge in [0.2, 0.25) is 10.0 Å². The summed E-state index contributed by atoms with van der Waals surface area (Å²) in [4.78, 5) is 10.6. The molecule has 5 nitrogen and oxygen atoms in total. The van der Waals surface area contributed by atoms with Gasteiger partial charge < -0.3 is 5.11 Å². The van der Waals surface area contributed by atoms with Crippen LogP contribution in [0.25, 0.3) is 0 Å². The average molecular weight is 344 g/mol. The molecule has 0 spiro atoms. The first-order valence-electron chi connectivity index (χ1n) is 6.06. The predicted octanol–water partition coefficient (Wildman–Crippen LogP) is 2.66. The standard InChI is InChI=1S/C14H11ClFNO4S/c15-12-7-11(5-6-13(12)16)22(20,21)17-8-9-1-3-10(4-2-9)14(18)19/h1-7,17H,8H2,(H,18,19). The maximum Gasteiger partial charge on any atom is 0.335 e. The molecule has 0 unspecified atom stereocenters. The van der Waals surface area contributed by atoms with Gasteiger partial charge in [-0.2, -0.15) is 0 Å². The van der Waals surface area contributed by atoms with Crippen LogP contribution in [0.1, 0.15) is 15.9 Å². The molecule has 0 aromatic heterocycles. The van der Waals surface area contributed by atoms with Crippen LogP contribution >= 0.6 is 11.6 Å². The summed E-state index contributed by atoms with van der Waals surface area (Å²) in [6.45, 7) is -0.0305. The molecule has 8 heteroatoms. The summed E-state index contributed by atoms with van der Waals surface area (Å²) in [6.07, 6.45) is 0. The Morgan fingerprint density at radius 1 is 1.18 bits per heavy atom. The number of benzene rings is 2. The van der Waals surface area contributed by atoms with Gasteiger partial charge in [0.1, 0.15) is 5.82 Å². The van der Waals surface area contributed by atoms with Crippen molar-refractivity contribution < 1.29 is 22.7 Å². The molecule has 2 rings (SSSR count). The van der Waals surface area contributed by atoms with E-state index >= 15 is 0 Å². The Morgan fingerprint density at radius 2 is 1.82 bits per heavy atom. The van der Waals surface area contributed by atoms with Crippen LogP contribution in [0.5, 0.6) is 0 Å². The van der Waals surface area contributed by atoms with Gasteiger partial charge in [-0.3, -0.25) is 0 Å². The van der Waals surface area contributed by atoms with E-state index in [1.807, 2.05) is 0 Å². The molecule has 2 aromatic rings. The lowest BCUT2D eigenvalue weighted by Crippen LogP contribution is -2.23. The molecule has 116 valence electrons. The Hall–Kier alpha value is -1.96. The molecule has 0 saturated carbocycles. The maximum absolute atomic E-state index is 13.0. The van der Waals surface area contributed by atoms with Crippen LogP contribution in [0.2, 0.25) is 5.02 Å². The molecule has 0 saturated heterocycles. The van der Waals surface area contributed by atoms with Gasteiger partial charge in [0.05, 0.1) is 15.5 Å². The maximum atomic E-state index is 13.0. The van der Waals surface area contributed by atoms with Gasteiger partial charge in [-0.1, -0.05) is 23.7 Å². The summed E-state index contributed by atoms with van der Waals surface area (Å²) in [5.74, 6) is -1.77. The van der Waals surface area contributed by atoms with E-state index < -0.39 is 21.8 Å². The molecule has 0 heterocycles. The third kappa shape index (κ3) is 3.82. The fourth-order valence-corrected chi connectivity index (χ4v) is 2.96. The van der Waals surface area contributed by atoms with Crippen molar-refractivity contribution in [2.45, 2.75) is 11.4 Å². The normalized spacial score (nSPS) is 11.4. The third-order valence-corrected chi connectivity index (χ3v) is 4.56. The first-order chi connectivity index (χ1) is 10.3. The Morgan fingerprint density at radius 3 is 2.36 bits per heavy atom. The fraction of sp³-hybridized carbons (Fsp3) is 0.0714. The Labute approximate surface area is 131 Å². The molecular weight excluding hydrogens is 333 g/mol. The van der Waals surface area contributed by atoms with E-state index in [9.17, 15) is 17.6 Å². The fourth-order valence-electron chi connectivity index (χ4n) is 1.67. The number of carbonyl (C=O) groups is 1. The topological polar surface area (TPSA) is 83.5 Å². The van der Waals surface area contributed by atoms with E-state index in [1.54, 1.807) is 0 Å². The Bertz CT molecular complexity index is 806. The number of nitrogens with one attached hydrogen (secondary N) is 1. The van der Waals surface area contributed by atoms with Gasteiger partial charge in [-0.25, -0.2) is 22.3 Å². The highest BCUT2D eigenvalue weighted by Crippen LogP contribution is 2.19. The second-order valence-corrected chi connectivity index (χ2v) is 6.58. The zero-order valence-electron chi connectivity index (χ0n) is 11.1. The quantitative estimate of drug-likeness (QED) is 0.874. The van der Waals surface area contributed by atoms with Crippen LogP contribution < -0.4 is 4.72 Å². The van der Waals surface area contributed by atoms with Crippen molar-refractivity contribution in [3.8, 4) is 0 Å². The van der Waals surface area contributed by atoms with Crippen molar-refractivity contribution in [2.24, 2.45) is 0 Å². The number of sulfonamides is 1. The minimum absolute atomic E-state index is 0.0305. The van der Waals surface area contributed by atoms with Gasteiger partial charge in [0.25, 0.3) is 0 Å². The molecule has 0 radical (unpaired) electrons. The monoisotopic (exact) mass is 343 g/mol. The van der Waals surface area contributed by atoms with Crippen LogP contribution in [0.4, 0.5) is 4.39 Å². The lowest BCUT2D eigenvalue weighted by atomic mass is 10.1. The lowest BCUT2D eigenvalue weighted by molar-refractivity contribution is 0.0697. The molecular formula is C14H11ClFNO4S. The van der Waals surface area contributed by atoms with Gasteiger partial charge in [0, 0.05) is 6.54 Å². The number of rotatable bonds is 5. The van der Waals surface area contributed by atoms with E-state index in [1.165, 1.54) is 24.3 Å². The molecule has 0 aliphatic heterocycles. The first kappa shape index (κ1) is 16.4. The number of hydrogen-bond acceptors (Lipinski definition) is 3. The third-order valence-electron chi connectivity index (χ3n) is 2.87. The SMILES string of the molecule is O=C(O)c1ccc(CNS(=O)(=O)c2ccc(F)c(Cl)c2)cc1. The van der Waals surface area contributed by atoms with E-state index in [0.717, 1.165) is 18.2 Å². The number of hydrogen-bond donors (Lipinski definition) is 2. The second kappa shape index (κ2) is 6.43. The summed E-state index contributed by atoms with van der Waals surface area (Å²) in [7, 11) is -3.84. The van der Waals surface area contributed by atoms with Crippen molar-refractivity contribution in [3.05, 3.63) is 64.4 Å². The zero-order chi connectivity index (χ0) is 16.3. The molecule has 0 atom stereocenters. The summed E-state index contributed by atoms with van der Waals surface area (Å²) in [6, 6.07) is 8.86. The summed E-state index contributed by atoms with van der Waals surface area (Å²) < 4.78 is 39.5. The largest absolute Gasteiger partial charge is 0.478 e. The van der Waals surface area contributed by atoms with Gasteiger partial charge in [0.15, 0.2) is 0 Å². The van der Waals surface area contributed by atoms with E-state index in [0.29, 0.717) is 5.56 Å². The van der Waals surface area contributed by atoms with Crippen molar-refractivity contribution in [3.63, 3.8) is 0 Å². The molecule has 2 aromatic carbocycles. The predicted molar refractivity (Wildman–Crippen MR) is 78.8 cm³/mol. The van der Waals surface area contributed by atoms with Gasteiger partial charge in [-0.05, 0) is 35.9 Å². The first-order valence-corrected chi connectivity index (χ1v) is 7.92. The average Bonchev–Trinajstić information content (AvgIpc) is 2.48. The molecule has 0 bridgehead atoms. The molecule has 0 amide bonds. The zero-order valence-corrected chi connectivity index (χ0v) is 12.7. The molecule has 2 N–H and O–H groups in total. The minimum Gasteiger partial charge on any atom is -0.478 e. The lowest BCUT2D eigenvalue weighted by Gasteiger charge is -2.08. The van der Waals surface area contributed by atoms with Crippen LogP contribution in [0.3, 0.4) is 0 Å². The van der Waals surface area contributed by atoms with Crippen LogP contribution in [-0.2, 0) is 16.6 Å². The van der Waals surface area contributed by atoms with Crippen LogP contribution in [0.15, 0.2) is 47.4 Å². The van der Waals surface area contributed by atoms with Gasteiger partial charge >= 0.3 is 5.97 Å². The minimum atomic E-state index is -3.84. The molecule has 0 fully saturated rings. The van der Waals surface area contributed by atoms with Crippen molar-refractivity contribution in [1.29, 1.82) is 0 Å². The second-order valence-electron chi connectivity index (χ2n) is 4.40. The number of halogens is 2. The highest BCUT2D eigenvalue weighted by atomic mass is 35.5. The summed E-state index contributed by atoms with van der Waals surface area (Å²) in [5, 5.41) is 8.49. The van der Waals surface area contributed by atoms with Crippen molar-refractivity contribution in [2.75, 3.05) is 0 Å². The smallest absolute Gasteiger partial charge is 0.335 e. The van der Waals surface area contributed by atoms with Crippen LogP contribution in [0, 0.1) is 5.82 Å². The van der Waals surface area contributed by atoms with Crippen LogP contribution in [-0.4, -0.2) is 19.5 Å². The highest BCUT2D eigenvalue weighted by Gasteiger charge is 2.15. The Balaban J connectivity index is 2.12. The van der Waals surface area contributed by atoms with Gasteiger partial charge in [-0.15, -0.1) is 0 Å². The molecule has 0 aliphatic carbocycles. The number of aromatic carboxylic acids is 1. The van der Waals surface area contributed by atoms with Crippen molar-refractivity contribution in [1.82, 2.24) is 4.72 Å². The highest BCUT2D eigenvalue weighted by molar-refractivity contribution is 7.89. The van der Waals surface area contributed by atoms with E-state index in [4.69, 9.17) is 16.7 Å². The number of carboxylic acid groups (broad SMARTS) is 1. The molecule has 0 aliphatic rings. The molecule has 22 heavy (non-hydrogen) atoms. The van der Waals surface area contributed by atoms with Crippen molar-refractivity contribution >= 4 is 27.6 Å². The number of carboxylic acids is 1. The van der Waals surface area contributed by atoms with E-state index in [2.05, 4.69) is 4.72 Å². The summed E-state index contributed by atoms with van der Waals surface area (Å²) >= 11 is 5.56. The summed E-state index contributed by atoms with van der Waals surface area (Å²) in [5.41, 5.74) is 0.693. The van der Waals surface area contributed by atoms with E-state index in [-0.39, 0.29) is 22.0 Å².